The highest BCUT2D eigenvalue weighted by Gasteiger charge is 2.20. The quantitative estimate of drug-likeness (QED) is 0.289. The van der Waals surface area contributed by atoms with Crippen molar-refractivity contribution in [3.63, 3.8) is 0 Å². The molecule has 0 saturated carbocycles. The monoisotopic (exact) mass is 411 g/mol. The lowest BCUT2D eigenvalue weighted by molar-refractivity contribution is 0.102. The first-order chi connectivity index (χ1) is 14.6. The molecule has 0 unspecified atom stereocenters. The average Bonchev–Trinajstić information content (AvgIpc) is 3.32. The minimum atomic E-state index is 0.104. The largest absolute Gasteiger partial charge is 0.305 e. The van der Waals surface area contributed by atoms with Crippen molar-refractivity contribution in [2.24, 2.45) is 7.05 Å². The topological polar surface area (TPSA) is 47.8 Å². The van der Waals surface area contributed by atoms with Crippen molar-refractivity contribution < 1.29 is 4.79 Å². The Labute approximate surface area is 180 Å². The minimum Gasteiger partial charge on any atom is -0.305 e. The first-order valence-corrected chi connectivity index (χ1v) is 10.9. The van der Waals surface area contributed by atoms with Crippen LogP contribution in [-0.4, -0.2) is 26.3 Å². The van der Waals surface area contributed by atoms with Crippen LogP contribution in [0.25, 0.3) is 22.5 Å². The highest BCUT2D eigenvalue weighted by atomic mass is 32.2. The zero-order valence-corrected chi connectivity index (χ0v) is 17.7. The van der Waals surface area contributed by atoms with Gasteiger partial charge in [0.1, 0.15) is 0 Å². The van der Waals surface area contributed by atoms with Gasteiger partial charge in [-0.25, -0.2) is 0 Å². The lowest BCUT2D eigenvalue weighted by Gasteiger charge is -2.07. The molecule has 3 aromatic carbocycles. The second-order valence-electron chi connectivity index (χ2n) is 7.60. The Morgan fingerprint density at radius 2 is 1.67 bits per heavy atom. The zero-order valence-electron chi connectivity index (χ0n) is 16.9. The fourth-order valence-electron chi connectivity index (χ4n) is 4.01. The molecule has 0 spiro atoms. The van der Waals surface area contributed by atoms with Crippen molar-refractivity contribution in [1.29, 1.82) is 0 Å². The molecular weight excluding hydrogens is 390 g/mol. The van der Waals surface area contributed by atoms with Crippen molar-refractivity contribution in [1.82, 2.24) is 14.8 Å². The van der Waals surface area contributed by atoms with Crippen LogP contribution in [0, 0.1) is 6.92 Å². The van der Waals surface area contributed by atoms with Gasteiger partial charge < -0.3 is 4.57 Å². The van der Waals surface area contributed by atoms with E-state index in [2.05, 4.69) is 53.5 Å². The molecule has 0 saturated heterocycles. The van der Waals surface area contributed by atoms with Gasteiger partial charge in [0, 0.05) is 18.2 Å². The fourth-order valence-corrected chi connectivity index (χ4v) is 4.82. The first kappa shape index (κ1) is 18.8. The standard InChI is InChI=1S/C25H21N3OS/c1-16-7-3-5-9-20(16)24-26-27-25(28(24)2)30-15-23(29)19-12-11-18-13-17-8-4-6-10-21(17)22(18)14-19/h3-12,14H,13,15H2,1-2H3. The van der Waals surface area contributed by atoms with Crippen LogP contribution in [0.5, 0.6) is 0 Å². The van der Waals surface area contributed by atoms with Gasteiger partial charge in [0.25, 0.3) is 0 Å². The van der Waals surface area contributed by atoms with Crippen molar-refractivity contribution in [3.8, 4) is 22.5 Å². The average molecular weight is 412 g/mol. The van der Waals surface area contributed by atoms with Crippen LogP contribution in [0.15, 0.2) is 71.9 Å². The van der Waals surface area contributed by atoms with Crippen LogP contribution in [0.2, 0.25) is 0 Å². The maximum Gasteiger partial charge on any atom is 0.191 e. The SMILES string of the molecule is Cc1ccccc1-c1nnc(SCC(=O)c2ccc3c(c2)-c2ccccc2C3)n1C. The number of hydrogen-bond acceptors (Lipinski definition) is 4. The van der Waals surface area contributed by atoms with E-state index in [0.29, 0.717) is 5.75 Å². The van der Waals surface area contributed by atoms with Gasteiger partial charge in [-0.05, 0) is 47.2 Å². The molecule has 0 amide bonds. The summed E-state index contributed by atoms with van der Waals surface area (Å²) in [5.74, 6) is 1.25. The molecule has 5 rings (SSSR count). The van der Waals surface area contributed by atoms with Crippen LogP contribution in [-0.2, 0) is 13.5 Å². The van der Waals surface area contributed by atoms with Crippen LogP contribution in [0.1, 0.15) is 27.0 Å². The molecule has 1 heterocycles. The molecule has 1 aliphatic carbocycles. The van der Waals surface area contributed by atoms with Crippen LogP contribution >= 0.6 is 11.8 Å². The van der Waals surface area contributed by atoms with Crippen LogP contribution in [0.3, 0.4) is 0 Å². The molecule has 0 fully saturated rings. The number of rotatable bonds is 5. The summed E-state index contributed by atoms with van der Waals surface area (Å²) in [6.07, 6.45) is 0.940. The molecule has 4 nitrogen and oxygen atoms in total. The molecule has 30 heavy (non-hydrogen) atoms. The van der Waals surface area contributed by atoms with Crippen LogP contribution in [0.4, 0.5) is 0 Å². The van der Waals surface area contributed by atoms with E-state index in [1.165, 1.54) is 34.0 Å². The Morgan fingerprint density at radius 1 is 0.933 bits per heavy atom. The number of nitrogens with zero attached hydrogens (tertiary/aromatic N) is 3. The number of fused-ring (bicyclic) bond motifs is 3. The van der Waals surface area contributed by atoms with Crippen LogP contribution < -0.4 is 0 Å². The van der Waals surface area contributed by atoms with Gasteiger partial charge in [-0.1, -0.05) is 72.4 Å². The van der Waals surface area contributed by atoms with Crippen molar-refractivity contribution in [3.05, 3.63) is 89.0 Å². The number of Topliss-reactive ketones (excluding diaryl/α,β-unsaturated/α-hetero) is 1. The molecule has 1 aromatic heterocycles. The van der Waals surface area contributed by atoms with Gasteiger partial charge in [-0.3, -0.25) is 4.79 Å². The number of ketones is 1. The lowest BCUT2D eigenvalue weighted by Crippen LogP contribution is -2.04. The van der Waals surface area contributed by atoms with Crippen molar-refractivity contribution in [2.45, 2.75) is 18.5 Å². The lowest BCUT2D eigenvalue weighted by atomic mass is 10.0. The molecule has 4 aromatic rings. The molecule has 0 atom stereocenters. The highest BCUT2D eigenvalue weighted by molar-refractivity contribution is 7.99. The molecule has 0 bridgehead atoms. The fraction of sp³-hybridized carbons (Fsp3) is 0.160. The Kier molecular flexibility index (Phi) is 4.75. The number of carbonyl (C=O) groups is 1. The minimum absolute atomic E-state index is 0.104. The Bertz CT molecular complexity index is 1280. The Hall–Kier alpha value is -3.18. The summed E-state index contributed by atoms with van der Waals surface area (Å²) in [4.78, 5) is 12.9. The third kappa shape index (κ3) is 3.25. The van der Waals surface area contributed by atoms with Gasteiger partial charge in [-0.15, -0.1) is 10.2 Å². The van der Waals surface area contributed by atoms with Gasteiger partial charge in [-0.2, -0.15) is 0 Å². The summed E-state index contributed by atoms with van der Waals surface area (Å²) in [5.41, 5.74) is 8.00. The Balaban J connectivity index is 1.34. The second kappa shape index (κ2) is 7.58. The highest BCUT2D eigenvalue weighted by Crippen LogP contribution is 2.37. The summed E-state index contributed by atoms with van der Waals surface area (Å²) in [6.45, 7) is 2.06. The van der Waals surface area contributed by atoms with Gasteiger partial charge in [0.2, 0.25) is 0 Å². The molecule has 0 radical (unpaired) electrons. The van der Waals surface area contributed by atoms with E-state index in [9.17, 15) is 4.79 Å². The normalized spacial score (nSPS) is 11.9. The van der Waals surface area contributed by atoms with E-state index < -0.39 is 0 Å². The first-order valence-electron chi connectivity index (χ1n) is 9.94. The van der Waals surface area contributed by atoms with E-state index in [-0.39, 0.29) is 5.78 Å². The predicted molar refractivity (Wildman–Crippen MR) is 121 cm³/mol. The number of benzene rings is 3. The number of carbonyl (C=O) groups excluding carboxylic acids is 1. The van der Waals surface area contributed by atoms with Crippen molar-refractivity contribution >= 4 is 17.5 Å². The molecule has 148 valence electrons. The summed E-state index contributed by atoms with van der Waals surface area (Å²) in [5, 5.41) is 9.40. The van der Waals surface area contributed by atoms with Gasteiger partial charge in [0.05, 0.1) is 5.75 Å². The molecule has 5 heteroatoms. The number of aryl methyl sites for hydroxylation is 1. The summed E-state index contributed by atoms with van der Waals surface area (Å²) >= 11 is 1.43. The van der Waals surface area contributed by atoms with E-state index >= 15 is 0 Å². The van der Waals surface area contributed by atoms with Gasteiger partial charge >= 0.3 is 0 Å². The van der Waals surface area contributed by atoms with E-state index in [1.54, 1.807) is 0 Å². The predicted octanol–water partition coefficient (Wildman–Crippen LogP) is 5.34. The second-order valence-corrected chi connectivity index (χ2v) is 8.54. The molecule has 1 aliphatic rings. The molecule has 0 aliphatic heterocycles. The smallest absolute Gasteiger partial charge is 0.191 e. The van der Waals surface area contributed by atoms with E-state index in [1.807, 2.05) is 41.9 Å². The molecule has 0 N–H and O–H groups in total. The summed E-state index contributed by atoms with van der Waals surface area (Å²) in [6, 6.07) is 22.6. The maximum atomic E-state index is 12.9. The summed E-state index contributed by atoms with van der Waals surface area (Å²) in [7, 11) is 1.95. The van der Waals surface area contributed by atoms with E-state index in [0.717, 1.165) is 34.1 Å². The number of aromatic nitrogens is 3. The van der Waals surface area contributed by atoms with Crippen molar-refractivity contribution in [2.75, 3.05) is 5.75 Å². The third-order valence-electron chi connectivity index (χ3n) is 5.67. The summed E-state index contributed by atoms with van der Waals surface area (Å²) < 4.78 is 1.96. The maximum absolute atomic E-state index is 12.9. The van der Waals surface area contributed by atoms with E-state index in [4.69, 9.17) is 0 Å². The van der Waals surface area contributed by atoms with Gasteiger partial charge in [0.15, 0.2) is 16.8 Å². The zero-order chi connectivity index (χ0) is 20.7. The molecular formula is C25H21N3OS. The Morgan fingerprint density at radius 3 is 2.50 bits per heavy atom. The number of hydrogen-bond donors (Lipinski definition) is 0. The third-order valence-corrected chi connectivity index (χ3v) is 6.69. The number of thioether (sulfide) groups is 1.